The molecule has 1 aromatic carbocycles. The Balaban J connectivity index is 2.87. The Morgan fingerprint density at radius 1 is 1.08 bits per heavy atom. The van der Waals surface area contributed by atoms with E-state index in [1.165, 1.54) is 32.0 Å². The summed E-state index contributed by atoms with van der Waals surface area (Å²) in [5, 5.41) is 13.8. The lowest BCUT2D eigenvalue weighted by atomic mass is 10.0. The van der Waals surface area contributed by atoms with E-state index < -0.39 is 35.7 Å². The van der Waals surface area contributed by atoms with E-state index in [0.717, 1.165) is 0 Å². The molecule has 136 valence electrons. The Morgan fingerprint density at radius 3 is 2.24 bits per heavy atom. The molecule has 0 aliphatic rings. The fourth-order valence-electron chi connectivity index (χ4n) is 2.22. The highest BCUT2D eigenvalue weighted by atomic mass is 19.1. The van der Waals surface area contributed by atoms with Crippen molar-refractivity contribution in [2.45, 2.75) is 45.2 Å². The first-order chi connectivity index (χ1) is 11.7. The van der Waals surface area contributed by atoms with E-state index in [9.17, 15) is 23.6 Å². The van der Waals surface area contributed by atoms with Crippen LogP contribution in [0.15, 0.2) is 24.3 Å². The van der Waals surface area contributed by atoms with E-state index in [2.05, 4.69) is 10.6 Å². The van der Waals surface area contributed by atoms with Gasteiger partial charge in [-0.05, 0) is 25.0 Å². The molecule has 0 saturated carbocycles. The van der Waals surface area contributed by atoms with Gasteiger partial charge in [-0.1, -0.05) is 18.2 Å². The molecule has 0 spiro atoms. The van der Waals surface area contributed by atoms with Gasteiger partial charge in [-0.2, -0.15) is 0 Å². The predicted octanol–water partition coefficient (Wildman–Crippen LogP) is 0.811. The Morgan fingerprint density at radius 2 is 1.72 bits per heavy atom. The van der Waals surface area contributed by atoms with Crippen LogP contribution in [0.2, 0.25) is 0 Å². The van der Waals surface area contributed by atoms with Gasteiger partial charge in [-0.15, -0.1) is 0 Å². The van der Waals surface area contributed by atoms with Crippen LogP contribution >= 0.6 is 0 Å². The maximum atomic E-state index is 13.8. The second-order valence-corrected chi connectivity index (χ2v) is 5.69. The van der Waals surface area contributed by atoms with E-state index in [1.54, 1.807) is 6.07 Å². The minimum Gasteiger partial charge on any atom is -0.480 e. The minimum atomic E-state index is -1.29. The number of amides is 2. The lowest BCUT2D eigenvalue weighted by molar-refractivity contribution is -0.142. The van der Waals surface area contributed by atoms with Crippen LogP contribution in [0.4, 0.5) is 4.39 Å². The molecule has 0 radical (unpaired) electrons. The molecule has 0 fully saturated rings. The van der Waals surface area contributed by atoms with Gasteiger partial charge in [0.1, 0.15) is 23.7 Å². The van der Waals surface area contributed by atoms with Crippen molar-refractivity contribution in [1.29, 1.82) is 0 Å². The fraction of sp³-hybridized carbons (Fsp3) is 0.412. The maximum absolute atomic E-state index is 13.8. The maximum Gasteiger partial charge on any atom is 0.326 e. The summed E-state index contributed by atoms with van der Waals surface area (Å²) >= 11 is 0. The van der Waals surface area contributed by atoms with Gasteiger partial charge in [0.2, 0.25) is 11.8 Å². The van der Waals surface area contributed by atoms with E-state index in [1.807, 2.05) is 0 Å². The van der Waals surface area contributed by atoms with Crippen molar-refractivity contribution in [3.05, 3.63) is 35.6 Å². The van der Waals surface area contributed by atoms with Crippen molar-refractivity contribution in [3.8, 4) is 0 Å². The largest absolute Gasteiger partial charge is 0.480 e. The van der Waals surface area contributed by atoms with Crippen molar-refractivity contribution in [3.63, 3.8) is 0 Å². The van der Waals surface area contributed by atoms with E-state index >= 15 is 0 Å². The van der Waals surface area contributed by atoms with Crippen molar-refractivity contribution in [2.24, 2.45) is 0 Å². The van der Waals surface area contributed by atoms with Crippen LogP contribution in [0, 0.1) is 5.82 Å². The number of carbonyl (C=O) groups is 4. The van der Waals surface area contributed by atoms with Crippen molar-refractivity contribution < 1.29 is 28.7 Å². The predicted molar refractivity (Wildman–Crippen MR) is 87.2 cm³/mol. The molecule has 0 saturated heterocycles. The summed E-state index contributed by atoms with van der Waals surface area (Å²) in [5.41, 5.74) is 0.215. The SMILES string of the molecule is CC(=O)CC[C@@H](NC(=O)[C@H](Cc1ccccc1F)NC(C)=O)C(=O)O. The number of ketones is 1. The number of Topliss-reactive ketones (excluding diaryl/α,β-unsaturated/α-hetero) is 1. The van der Waals surface area contributed by atoms with Crippen LogP contribution in [0.25, 0.3) is 0 Å². The second-order valence-electron chi connectivity index (χ2n) is 5.69. The van der Waals surface area contributed by atoms with Gasteiger partial charge in [0.05, 0.1) is 0 Å². The molecule has 7 nitrogen and oxygen atoms in total. The molecule has 2 atom stereocenters. The summed E-state index contributed by atoms with van der Waals surface area (Å²) in [6, 6.07) is 3.39. The standard InChI is InChI=1S/C17H21FN2O5/c1-10(21)7-8-14(17(24)25)20-16(23)15(19-11(2)22)9-12-5-3-4-6-13(12)18/h3-6,14-15H,7-9H2,1-2H3,(H,19,22)(H,20,23)(H,24,25)/t14-,15+/m1/s1. The average Bonchev–Trinajstić information content (AvgIpc) is 2.51. The first-order valence-electron chi connectivity index (χ1n) is 7.73. The molecule has 1 rings (SSSR count). The average molecular weight is 352 g/mol. The molecular weight excluding hydrogens is 331 g/mol. The summed E-state index contributed by atoms with van der Waals surface area (Å²) < 4.78 is 13.8. The highest BCUT2D eigenvalue weighted by Gasteiger charge is 2.26. The lowest BCUT2D eigenvalue weighted by Crippen LogP contribution is -2.52. The summed E-state index contributed by atoms with van der Waals surface area (Å²) in [6.45, 7) is 2.52. The number of nitrogens with one attached hydrogen (secondary N) is 2. The summed E-state index contributed by atoms with van der Waals surface area (Å²) in [7, 11) is 0. The monoisotopic (exact) mass is 352 g/mol. The smallest absolute Gasteiger partial charge is 0.326 e. The number of rotatable bonds is 9. The zero-order valence-electron chi connectivity index (χ0n) is 14.0. The van der Waals surface area contributed by atoms with Crippen LogP contribution < -0.4 is 10.6 Å². The number of halogens is 1. The molecule has 8 heteroatoms. The zero-order valence-corrected chi connectivity index (χ0v) is 14.0. The Hall–Kier alpha value is -2.77. The number of hydrogen-bond acceptors (Lipinski definition) is 4. The molecule has 2 amide bonds. The normalized spacial score (nSPS) is 12.8. The third-order valence-corrected chi connectivity index (χ3v) is 3.48. The molecular formula is C17H21FN2O5. The van der Waals surface area contributed by atoms with E-state index in [-0.39, 0.29) is 30.6 Å². The highest BCUT2D eigenvalue weighted by Crippen LogP contribution is 2.10. The third kappa shape index (κ3) is 7.11. The highest BCUT2D eigenvalue weighted by molar-refractivity contribution is 5.90. The van der Waals surface area contributed by atoms with Crippen LogP contribution in [0.3, 0.4) is 0 Å². The second kappa shape index (κ2) is 9.51. The number of carboxylic acids is 1. The van der Waals surface area contributed by atoms with Gasteiger partial charge < -0.3 is 20.5 Å². The van der Waals surface area contributed by atoms with Gasteiger partial charge in [-0.3, -0.25) is 9.59 Å². The van der Waals surface area contributed by atoms with Crippen LogP contribution in [-0.2, 0) is 25.6 Å². The van der Waals surface area contributed by atoms with Crippen LogP contribution in [0.1, 0.15) is 32.3 Å². The van der Waals surface area contributed by atoms with E-state index in [4.69, 9.17) is 5.11 Å². The number of benzene rings is 1. The summed E-state index contributed by atoms with van der Waals surface area (Å²) in [4.78, 5) is 45.9. The first-order valence-corrected chi connectivity index (χ1v) is 7.73. The van der Waals surface area contributed by atoms with Crippen molar-refractivity contribution in [2.75, 3.05) is 0 Å². The van der Waals surface area contributed by atoms with Gasteiger partial charge >= 0.3 is 5.97 Å². The number of hydrogen-bond donors (Lipinski definition) is 3. The summed E-state index contributed by atoms with van der Waals surface area (Å²) in [5.74, 6) is -3.29. The number of aliphatic carboxylic acids is 1. The van der Waals surface area contributed by atoms with Gasteiger partial charge in [0.15, 0.2) is 0 Å². The molecule has 0 heterocycles. The van der Waals surface area contributed by atoms with Crippen molar-refractivity contribution >= 4 is 23.6 Å². The molecule has 1 aromatic rings. The molecule has 25 heavy (non-hydrogen) atoms. The molecule has 0 aliphatic carbocycles. The number of carboxylic acid groups (broad SMARTS) is 1. The quantitative estimate of drug-likeness (QED) is 0.609. The molecule has 0 bridgehead atoms. The zero-order chi connectivity index (χ0) is 19.0. The van der Waals surface area contributed by atoms with E-state index in [0.29, 0.717) is 0 Å². The molecule has 0 unspecified atom stereocenters. The first kappa shape index (κ1) is 20.3. The van der Waals surface area contributed by atoms with Crippen LogP contribution in [0.5, 0.6) is 0 Å². The Bertz CT molecular complexity index is 662. The fourth-order valence-corrected chi connectivity index (χ4v) is 2.22. The third-order valence-electron chi connectivity index (χ3n) is 3.48. The molecule has 3 N–H and O–H groups in total. The minimum absolute atomic E-state index is 0.00460. The molecule has 0 aromatic heterocycles. The van der Waals surface area contributed by atoms with Crippen molar-refractivity contribution in [1.82, 2.24) is 10.6 Å². The Kier molecular flexibility index (Phi) is 7.71. The van der Waals surface area contributed by atoms with Crippen LogP contribution in [-0.4, -0.2) is 40.8 Å². The lowest BCUT2D eigenvalue weighted by Gasteiger charge is -2.21. The van der Waals surface area contributed by atoms with Gasteiger partial charge in [0, 0.05) is 19.8 Å². The summed E-state index contributed by atoms with van der Waals surface area (Å²) in [6.07, 6.45) is -0.199. The Labute approximate surface area is 144 Å². The van der Waals surface area contributed by atoms with Gasteiger partial charge in [0.25, 0.3) is 0 Å². The number of carbonyl (C=O) groups excluding carboxylic acids is 3. The topological polar surface area (TPSA) is 113 Å². The molecule has 0 aliphatic heterocycles. The van der Waals surface area contributed by atoms with Gasteiger partial charge in [-0.25, -0.2) is 9.18 Å².